The second kappa shape index (κ2) is 4.87. The van der Waals surface area contributed by atoms with Crippen molar-refractivity contribution in [1.29, 1.82) is 0 Å². The summed E-state index contributed by atoms with van der Waals surface area (Å²) in [4.78, 5) is 12.8. The lowest BCUT2D eigenvalue weighted by Crippen LogP contribution is -2.32. The Hall–Kier alpha value is -1.21. The van der Waals surface area contributed by atoms with Crippen molar-refractivity contribution in [1.82, 2.24) is 19.8 Å². The van der Waals surface area contributed by atoms with Crippen LogP contribution in [0.4, 0.5) is 5.00 Å². The van der Waals surface area contributed by atoms with E-state index in [4.69, 9.17) is 5.73 Å². The summed E-state index contributed by atoms with van der Waals surface area (Å²) in [7, 11) is 3.43. The molecular weight excluding hydrogens is 202 g/mol. The zero-order chi connectivity index (χ0) is 10.6. The average molecular weight is 215 g/mol. The number of rotatable bonds is 4. The summed E-state index contributed by atoms with van der Waals surface area (Å²) >= 11 is 1.16. The summed E-state index contributed by atoms with van der Waals surface area (Å²) in [5, 5.41) is 7.01. The molecule has 0 saturated heterocycles. The van der Waals surface area contributed by atoms with Crippen LogP contribution in [-0.2, 0) is 11.3 Å². The number of anilines is 1. The third-order valence-electron chi connectivity index (χ3n) is 1.70. The average Bonchev–Trinajstić information content (AvgIpc) is 2.51. The number of carbonyl (C=O) groups excluding carboxylic acids is 1. The molecule has 0 bridgehead atoms. The van der Waals surface area contributed by atoms with Crippen molar-refractivity contribution < 1.29 is 4.79 Å². The van der Waals surface area contributed by atoms with Gasteiger partial charge >= 0.3 is 0 Å². The fraction of sp³-hybridized carbons (Fsp3) is 0.571. The molecule has 0 unspecified atom stereocenters. The predicted molar refractivity (Wildman–Crippen MR) is 54.7 cm³/mol. The SMILES string of the molecule is CNC(=O)CN(C)Cc1nnsc1N. The lowest BCUT2D eigenvalue weighted by Gasteiger charge is -2.13. The summed E-state index contributed by atoms with van der Waals surface area (Å²) in [6.07, 6.45) is 0. The van der Waals surface area contributed by atoms with Gasteiger partial charge in [-0.25, -0.2) is 0 Å². The first kappa shape index (κ1) is 10.9. The van der Waals surface area contributed by atoms with Crippen LogP contribution in [0, 0.1) is 0 Å². The van der Waals surface area contributed by atoms with E-state index < -0.39 is 0 Å². The van der Waals surface area contributed by atoms with Crippen LogP contribution in [0.5, 0.6) is 0 Å². The molecule has 0 saturated carbocycles. The van der Waals surface area contributed by atoms with Crippen LogP contribution in [-0.4, -0.2) is 41.0 Å². The summed E-state index contributed by atoms with van der Waals surface area (Å²) < 4.78 is 3.71. The smallest absolute Gasteiger partial charge is 0.233 e. The molecule has 0 fully saturated rings. The summed E-state index contributed by atoms with van der Waals surface area (Å²) in [6, 6.07) is 0. The highest BCUT2D eigenvalue weighted by Crippen LogP contribution is 2.13. The van der Waals surface area contributed by atoms with Crippen LogP contribution in [0.25, 0.3) is 0 Å². The summed E-state index contributed by atoms with van der Waals surface area (Å²) in [6.45, 7) is 0.864. The molecule has 1 heterocycles. The fourth-order valence-corrected chi connectivity index (χ4v) is 1.40. The maximum Gasteiger partial charge on any atom is 0.233 e. The fourth-order valence-electron chi connectivity index (χ4n) is 0.961. The molecule has 0 atom stereocenters. The number of hydrogen-bond acceptors (Lipinski definition) is 6. The highest BCUT2D eigenvalue weighted by molar-refractivity contribution is 7.09. The molecule has 0 aliphatic carbocycles. The van der Waals surface area contributed by atoms with Crippen molar-refractivity contribution in [2.75, 3.05) is 26.4 Å². The van der Waals surface area contributed by atoms with Crippen molar-refractivity contribution in [3.05, 3.63) is 5.69 Å². The molecule has 0 spiro atoms. The number of hydrogen-bond donors (Lipinski definition) is 2. The van der Waals surface area contributed by atoms with Gasteiger partial charge in [-0.1, -0.05) is 4.49 Å². The van der Waals surface area contributed by atoms with Gasteiger partial charge in [-0.2, -0.15) is 0 Å². The molecule has 14 heavy (non-hydrogen) atoms. The molecule has 1 aromatic heterocycles. The number of amides is 1. The highest BCUT2D eigenvalue weighted by Gasteiger charge is 2.09. The zero-order valence-electron chi connectivity index (χ0n) is 8.15. The molecule has 6 nitrogen and oxygen atoms in total. The molecule has 1 aromatic rings. The number of likely N-dealkylation sites (N-methyl/N-ethyl adjacent to an activating group) is 2. The minimum absolute atomic E-state index is 0.0331. The number of carbonyl (C=O) groups is 1. The van der Waals surface area contributed by atoms with Gasteiger partial charge in [0.15, 0.2) is 0 Å². The first-order valence-electron chi connectivity index (χ1n) is 4.09. The van der Waals surface area contributed by atoms with E-state index in [1.54, 1.807) is 7.05 Å². The van der Waals surface area contributed by atoms with E-state index in [-0.39, 0.29) is 5.91 Å². The van der Waals surface area contributed by atoms with Crippen LogP contribution in [0.1, 0.15) is 5.69 Å². The first-order valence-corrected chi connectivity index (χ1v) is 4.86. The maximum absolute atomic E-state index is 11.0. The van der Waals surface area contributed by atoms with E-state index in [1.807, 2.05) is 11.9 Å². The molecule has 78 valence electrons. The standard InChI is InChI=1S/C7H13N5OS/c1-9-6(13)4-12(2)3-5-7(8)14-11-10-5/h3-4,8H2,1-2H3,(H,9,13). The Morgan fingerprint density at radius 2 is 2.43 bits per heavy atom. The number of nitrogen functional groups attached to an aromatic ring is 1. The molecule has 0 aromatic carbocycles. The zero-order valence-corrected chi connectivity index (χ0v) is 8.97. The highest BCUT2D eigenvalue weighted by atomic mass is 32.1. The number of aromatic nitrogens is 2. The molecular formula is C7H13N5OS. The molecule has 3 N–H and O–H groups in total. The Bertz CT molecular complexity index is 313. The normalized spacial score (nSPS) is 10.5. The topological polar surface area (TPSA) is 84.1 Å². The minimum Gasteiger partial charge on any atom is -0.388 e. The quantitative estimate of drug-likeness (QED) is 0.693. The van der Waals surface area contributed by atoms with Gasteiger partial charge < -0.3 is 11.1 Å². The van der Waals surface area contributed by atoms with Gasteiger partial charge in [0.05, 0.1) is 6.54 Å². The Labute approximate surface area is 86.3 Å². The lowest BCUT2D eigenvalue weighted by atomic mass is 10.4. The van der Waals surface area contributed by atoms with Gasteiger partial charge in [0.2, 0.25) is 5.91 Å². The Balaban J connectivity index is 2.45. The minimum atomic E-state index is -0.0331. The van der Waals surface area contributed by atoms with Gasteiger partial charge in [0.1, 0.15) is 10.7 Å². The third-order valence-corrected chi connectivity index (χ3v) is 2.29. The Morgan fingerprint density at radius 1 is 1.71 bits per heavy atom. The molecule has 7 heteroatoms. The van der Waals surface area contributed by atoms with Crippen LogP contribution < -0.4 is 11.1 Å². The van der Waals surface area contributed by atoms with Gasteiger partial charge in [0.25, 0.3) is 0 Å². The molecule has 0 radical (unpaired) electrons. The Morgan fingerprint density at radius 3 is 2.93 bits per heavy atom. The van der Waals surface area contributed by atoms with Crippen molar-refractivity contribution in [3.8, 4) is 0 Å². The van der Waals surface area contributed by atoms with E-state index in [1.165, 1.54) is 0 Å². The van der Waals surface area contributed by atoms with Crippen LogP contribution in [0.2, 0.25) is 0 Å². The Kier molecular flexibility index (Phi) is 3.78. The first-order chi connectivity index (χ1) is 6.63. The predicted octanol–water partition coefficient (Wildman–Crippen LogP) is -0.702. The van der Waals surface area contributed by atoms with E-state index >= 15 is 0 Å². The largest absolute Gasteiger partial charge is 0.388 e. The lowest BCUT2D eigenvalue weighted by molar-refractivity contribution is -0.121. The number of nitrogens with zero attached hydrogens (tertiary/aromatic N) is 3. The molecule has 0 aliphatic rings. The summed E-state index contributed by atoms with van der Waals surface area (Å²) in [5.41, 5.74) is 6.34. The van der Waals surface area contributed by atoms with Crippen LogP contribution in [0.15, 0.2) is 0 Å². The van der Waals surface area contributed by atoms with Crippen molar-refractivity contribution >= 4 is 22.4 Å². The van der Waals surface area contributed by atoms with Crippen molar-refractivity contribution in [2.45, 2.75) is 6.54 Å². The van der Waals surface area contributed by atoms with Gasteiger partial charge in [-0.15, -0.1) is 5.10 Å². The summed E-state index contributed by atoms with van der Waals surface area (Å²) in [5.74, 6) is -0.0331. The molecule has 1 amide bonds. The van der Waals surface area contributed by atoms with Gasteiger partial charge in [0, 0.05) is 25.1 Å². The number of nitrogens with one attached hydrogen (secondary N) is 1. The van der Waals surface area contributed by atoms with Gasteiger partial charge in [-0.05, 0) is 7.05 Å². The van der Waals surface area contributed by atoms with Gasteiger partial charge in [-0.3, -0.25) is 9.69 Å². The van der Waals surface area contributed by atoms with E-state index in [0.29, 0.717) is 18.1 Å². The van der Waals surface area contributed by atoms with E-state index in [9.17, 15) is 4.79 Å². The maximum atomic E-state index is 11.0. The van der Waals surface area contributed by atoms with Crippen molar-refractivity contribution in [2.24, 2.45) is 0 Å². The second-order valence-electron chi connectivity index (χ2n) is 2.93. The third kappa shape index (κ3) is 2.93. The van der Waals surface area contributed by atoms with E-state index in [0.717, 1.165) is 17.2 Å². The number of nitrogens with two attached hydrogens (primary N) is 1. The molecule has 1 rings (SSSR count). The van der Waals surface area contributed by atoms with E-state index in [2.05, 4.69) is 14.9 Å². The monoisotopic (exact) mass is 215 g/mol. The second-order valence-corrected chi connectivity index (χ2v) is 3.72. The van der Waals surface area contributed by atoms with Crippen molar-refractivity contribution in [3.63, 3.8) is 0 Å². The van der Waals surface area contributed by atoms with Crippen LogP contribution in [0.3, 0.4) is 0 Å². The van der Waals surface area contributed by atoms with Crippen LogP contribution >= 0.6 is 11.5 Å². The molecule has 0 aliphatic heterocycles.